The van der Waals surface area contributed by atoms with E-state index >= 15 is 0 Å². The van der Waals surface area contributed by atoms with Gasteiger partial charge >= 0.3 is 0 Å². The van der Waals surface area contributed by atoms with Crippen LogP contribution in [-0.2, 0) is 10.3 Å². The summed E-state index contributed by atoms with van der Waals surface area (Å²) in [7, 11) is 1.66. The number of allylic oxidation sites excluding steroid dienone is 1. The quantitative estimate of drug-likeness (QED) is 0.762. The van der Waals surface area contributed by atoms with Gasteiger partial charge in [-0.1, -0.05) is 18.7 Å². The molecule has 21 heavy (non-hydrogen) atoms. The summed E-state index contributed by atoms with van der Waals surface area (Å²) in [5.41, 5.74) is 1.52. The van der Waals surface area contributed by atoms with Crippen LogP contribution in [0.1, 0.15) is 25.1 Å². The van der Waals surface area contributed by atoms with E-state index in [0.717, 1.165) is 17.0 Å². The van der Waals surface area contributed by atoms with Crippen molar-refractivity contribution in [1.82, 2.24) is 9.55 Å². The molecule has 112 valence electrons. The SMILES string of the molecule is C=C(OCC)C(C)(c1ccc(OC)cc1)n1cnc(C)c1. The Balaban J connectivity index is 2.51. The highest BCUT2D eigenvalue weighted by Crippen LogP contribution is 2.34. The molecule has 0 aliphatic heterocycles. The summed E-state index contributed by atoms with van der Waals surface area (Å²) >= 11 is 0. The average molecular weight is 286 g/mol. The molecule has 1 heterocycles. The third-order valence-electron chi connectivity index (χ3n) is 3.74. The Bertz CT molecular complexity index is 616. The second-order valence-electron chi connectivity index (χ2n) is 5.08. The van der Waals surface area contributed by atoms with Crippen molar-refractivity contribution in [2.24, 2.45) is 0 Å². The van der Waals surface area contributed by atoms with E-state index < -0.39 is 5.54 Å². The number of nitrogens with zero attached hydrogens (tertiary/aromatic N) is 2. The lowest BCUT2D eigenvalue weighted by Gasteiger charge is -2.33. The summed E-state index contributed by atoms with van der Waals surface area (Å²) in [5.74, 6) is 1.51. The Kier molecular flexibility index (Phi) is 4.36. The maximum Gasteiger partial charge on any atom is 0.124 e. The van der Waals surface area contributed by atoms with Crippen molar-refractivity contribution in [1.29, 1.82) is 0 Å². The lowest BCUT2D eigenvalue weighted by Crippen LogP contribution is -2.33. The standard InChI is InChI=1S/C17H22N2O2/c1-6-21-14(3)17(4,19-11-13(2)18-12-19)15-7-9-16(20-5)10-8-15/h7-12H,3,6H2,1-2,4-5H3. The Morgan fingerprint density at radius 2 is 2.00 bits per heavy atom. The number of hydrogen-bond donors (Lipinski definition) is 0. The van der Waals surface area contributed by atoms with Crippen molar-refractivity contribution < 1.29 is 9.47 Å². The van der Waals surface area contributed by atoms with Crippen molar-refractivity contribution in [3.05, 3.63) is 60.4 Å². The lowest BCUT2D eigenvalue weighted by atomic mass is 9.89. The van der Waals surface area contributed by atoms with E-state index in [-0.39, 0.29) is 0 Å². The molecular formula is C17H22N2O2. The van der Waals surface area contributed by atoms with Gasteiger partial charge < -0.3 is 14.0 Å². The van der Waals surface area contributed by atoms with Gasteiger partial charge in [-0.3, -0.25) is 0 Å². The first-order valence-electron chi connectivity index (χ1n) is 7.00. The van der Waals surface area contributed by atoms with E-state index in [9.17, 15) is 0 Å². The molecule has 0 spiro atoms. The summed E-state index contributed by atoms with van der Waals surface area (Å²) in [4.78, 5) is 4.33. The zero-order valence-corrected chi connectivity index (χ0v) is 13.1. The molecule has 0 saturated carbocycles. The molecular weight excluding hydrogens is 264 g/mol. The van der Waals surface area contributed by atoms with Gasteiger partial charge in [0.15, 0.2) is 0 Å². The molecule has 1 atom stereocenters. The lowest BCUT2D eigenvalue weighted by molar-refractivity contribution is 0.168. The smallest absolute Gasteiger partial charge is 0.124 e. The van der Waals surface area contributed by atoms with Crippen LogP contribution in [0.25, 0.3) is 0 Å². The normalized spacial score (nSPS) is 13.5. The Morgan fingerprint density at radius 1 is 1.33 bits per heavy atom. The summed E-state index contributed by atoms with van der Waals surface area (Å²) in [6, 6.07) is 7.93. The van der Waals surface area contributed by atoms with Crippen LogP contribution in [0.2, 0.25) is 0 Å². The summed E-state index contributed by atoms with van der Waals surface area (Å²) in [6.45, 7) is 10.7. The van der Waals surface area contributed by atoms with Crippen LogP contribution in [0.15, 0.2) is 49.1 Å². The van der Waals surface area contributed by atoms with E-state index in [2.05, 4.69) is 18.5 Å². The number of hydrogen-bond acceptors (Lipinski definition) is 3. The second-order valence-corrected chi connectivity index (χ2v) is 5.08. The number of ether oxygens (including phenoxy) is 2. The van der Waals surface area contributed by atoms with Gasteiger partial charge in [0, 0.05) is 6.20 Å². The Morgan fingerprint density at radius 3 is 2.48 bits per heavy atom. The van der Waals surface area contributed by atoms with Gasteiger partial charge in [0.05, 0.1) is 25.7 Å². The Labute approximate surface area is 126 Å². The highest BCUT2D eigenvalue weighted by Gasteiger charge is 2.33. The molecule has 0 saturated heterocycles. The molecule has 0 aliphatic carbocycles. The van der Waals surface area contributed by atoms with Gasteiger partial charge in [0.25, 0.3) is 0 Å². The fraction of sp³-hybridized carbons (Fsp3) is 0.353. The zero-order chi connectivity index (χ0) is 15.5. The predicted octanol–water partition coefficient (Wildman–Crippen LogP) is 3.51. The number of aryl methyl sites for hydroxylation is 1. The molecule has 1 unspecified atom stereocenters. The molecule has 4 nitrogen and oxygen atoms in total. The van der Waals surface area contributed by atoms with Gasteiger partial charge in [-0.05, 0) is 38.5 Å². The first-order chi connectivity index (χ1) is 10.0. The van der Waals surface area contributed by atoms with E-state index in [4.69, 9.17) is 9.47 Å². The summed E-state index contributed by atoms with van der Waals surface area (Å²) < 4.78 is 13.0. The molecule has 2 rings (SSSR count). The van der Waals surface area contributed by atoms with Crippen LogP contribution >= 0.6 is 0 Å². The minimum Gasteiger partial charge on any atom is -0.497 e. The average Bonchev–Trinajstić information content (AvgIpc) is 2.93. The zero-order valence-electron chi connectivity index (χ0n) is 13.1. The molecule has 2 aromatic rings. The molecule has 0 aliphatic rings. The number of rotatable bonds is 6. The number of methoxy groups -OCH3 is 1. The third-order valence-corrected chi connectivity index (χ3v) is 3.74. The van der Waals surface area contributed by atoms with E-state index in [0.29, 0.717) is 12.4 Å². The van der Waals surface area contributed by atoms with Crippen LogP contribution in [0.4, 0.5) is 0 Å². The van der Waals surface area contributed by atoms with Crippen molar-refractivity contribution >= 4 is 0 Å². The molecule has 1 aromatic heterocycles. The highest BCUT2D eigenvalue weighted by molar-refractivity contribution is 5.37. The molecule has 4 heteroatoms. The van der Waals surface area contributed by atoms with Gasteiger partial charge in [-0.2, -0.15) is 0 Å². The summed E-state index contributed by atoms with van der Waals surface area (Å²) in [6.07, 6.45) is 3.80. The van der Waals surface area contributed by atoms with Gasteiger partial charge in [-0.15, -0.1) is 0 Å². The highest BCUT2D eigenvalue weighted by atomic mass is 16.5. The largest absolute Gasteiger partial charge is 0.497 e. The van der Waals surface area contributed by atoms with Crippen molar-refractivity contribution in [3.8, 4) is 5.75 Å². The number of benzene rings is 1. The van der Waals surface area contributed by atoms with Crippen molar-refractivity contribution in [3.63, 3.8) is 0 Å². The molecule has 0 amide bonds. The molecule has 0 N–H and O–H groups in total. The van der Waals surface area contributed by atoms with Crippen molar-refractivity contribution in [2.45, 2.75) is 26.3 Å². The van der Waals surface area contributed by atoms with Crippen LogP contribution in [0, 0.1) is 6.92 Å². The molecule has 1 aromatic carbocycles. The van der Waals surface area contributed by atoms with E-state index in [1.54, 1.807) is 7.11 Å². The fourth-order valence-corrected chi connectivity index (χ4v) is 2.35. The molecule has 0 radical (unpaired) electrons. The van der Waals surface area contributed by atoms with Gasteiger partial charge in [0.2, 0.25) is 0 Å². The van der Waals surface area contributed by atoms with Crippen LogP contribution in [0.5, 0.6) is 5.75 Å². The van der Waals surface area contributed by atoms with Crippen molar-refractivity contribution in [2.75, 3.05) is 13.7 Å². The minimum atomic E-state index is -0.510. The Hall–Kier alpha value is -2.23. The first-order valence-corrected chi connectivity index (χ1v) is 7.00. The van der Waals surface area contributed by atoms with E-state index in [1.807, 2.05) is 55.2 Å². The fourth-order valence-electron chi connectivity index (χ4n) is 2.35. The predicted molar refractivity (Wildman–Crippen MR) is 83.5 cm³/mol. The number of aromatic nitrogens is 2. The monoisotopic (exact) mass is 286 g/mol. The maximum absolute atomic E-state index is 5.71. The second kappa shape index (κ2) is 6.04. The number of imidazole rings is 1. The topological polar surface area (TPSA) is 36.3 Å². The van der Waals surface area contributed by atoms with Crippen LogP contribution < -0.4 is 4.74 Å². The first kappa shape index (κ1) is 15.2. The third kappa shape index (κ3) is 2.79. The van der Waals surface area contributed by atoms with Gasteiger partial charge in [-0.25, -0.2) is 4.98 Å². The molecule has 0 bridgehead atoms. The van der Waals surface area contributed by atoms with E-state index in [1.165, 1.54) is 0 Å². The van der Waals surface area contributed by atoms with Crippen LogP contribution in [0.3, 0.4) is 0 Å². The maximum atomic E-state index is 5.71. The van der Waals surface area contributed by atoms with Crippen LogP contribution in [-0.4, -0.2) is 23.3 Å². The minimum absolute atomic E-state index is 0.510. The summed E-state index contributed by atoms with van der Waals surface area (Å²) in [5, 5.41) is 0. The molecule has 0 fully saturated rings. The van der Waals surface area contributed by atoms with Gasteiger partial charge in [0.1, 0.15) is 17.0 Å².